The zero-order valence-electron chi connectivity index (χ0n) is 6.87. The fourth-order valence-corrected chi connectivity index (χ4v) is 0.922. The quantitative estimate of drug-likeness (QED) is 0.575. The van der Waals surface area contributed by atoms with Crippen LogP contribution in [0.1, 0.15) is 6.92 Å². The fraction of sp³-hybridized carbons (Fsp3) is 0.375. The first-order valence-corrected chi connectivity index (χ1v) is 3.47. The van der Waals surface area contributed by atoms with Crippen LogP contribution in [0, 0.1) is 0 Å². The molecule has 1 heterocycles. The molecule has 0 amide bonds. The highest BCUT2D eigenvalue weighted by molar-refractivity contribution is 4.92. The third-order valence-corrected chi connectivity index (χ3v) is 1.46. The second-order valence-corrected chi connectivity index (χ2v) is 2.78. The Bertz CT molecular complexity index is 319. The van der Waals surface area contributed by atoms with Gasteiger partial charge in [0.2, 0.25) is 0 Å². The molecule has 0 bridgehead atoms. The van der Waals surface area contributed by atoms with Gasteiger partial charge < -0.3 is 4.57 Å². The second-order valence-electron chi connectivity index (χ2n) is 2.78. The largest absolute Gasteiger partial charge is 0.328 e. The molecule has 0 saturated heterocycles. The van der Waals surface area contributed by atoms with Crippen molar-refractivity contribution < 1.29 is 0 Å². The van der Waals surface area contributed by atoms with Gasteiger partial charge in [0.1, 0.15) is 0 Å². The minimum Gasteiger partial charge on any atom is -0.302 e. The van der Waals surface area contributed by atoms with Crippen molar-refractivity contribution in [3.63, 3.8) is 0 Å². The van der Waals surface area contributed by atoms with E-state index in [1.165, 1.54) is 0 Å². The lowest BCUT2D eigenvalue weighted by Crippen LogP contribution is -2.22. The molecule has 0 aliphatic heterocycles. The Kier molecular flexibility index (Phi) is 1.98. The number of aryl methyl sites for hydroxylation is 1. The monoisotopic (exact) mass is 152 g/mol. The maximum atomic E-state index is 11.2. The highest BCUT2D eigenvalue weighted by atomic mass is 16.1. The molecule has 1 aromatic rings. The molecule has 60 valence electrons. The van der Waals surface area contributed by atoms with Gasteiger partial charge in [-0.05, 0) is 6.92 Å². The van der Waals surface area contributed by atoms with E-state index in [0.29, 0.717) is 6.54 Å². The molecule has 0 N–H and O–H groups in total. The standard InChI is InChI=1S/C8H12N2O/c1-7(2)6-10-5-4-9(3)8(10)11/h4-5H,1,6H2,2-3H3. The lowest BCUT2D eigenvalue weighted by Gasteiger charge is -1.97. The summed E-state index contributed by atoms with van der Waals surface area (Å²) in [6.45, 7) is 6.24. The lowest BCUT2D eigenvalue weighted by molar-refractivity contribution is 0.710. The van der Waals surface area contributed by atoms with E-state index in [-0.39, 0.29) is 5.69 Å². The minimum absolute atomic E-state index is 0.00741. The van der Waals surface area contributed by atoms with Gasteiger partial charge in [0.25, 0.3) is 0 Å². The maximum Gasteiger partial charge on any atom is 0.328 e. The number of aromatic nitrogens is 2. The average molecular weight is 152 g/mol. The third kappa shape index (κ3) is 1.61. The smallest absolute Gasteiger partial charge is 0.302 e. The van der Waals surface area contributed by atoms with Crippen LogP contribution >= 0.6 is 0 Å². The van der Waals surface area contributed by atoms with Crippen molar-refractivity contribution in [2.75, 3.05) is 0 Å². The van der Waals surface area contributed by atoms with Crippen molar-refractivity contribution in [1.82, 2.24) is 9.13 Å². The number of rotatable bonds is 2. The van der Waals surface area contributed by atoms with Gasteiger partial charge in [0, 0.05) is 26.0 Å². The first kappa shape index (κ1) is 7.85. The first-order valence-electron chi connectivity index (χ1n) is 3.47. The van der Waals surface area contributed by atoms with Crippen molar-refractivity contribution in [3.05, 3.63) is 35.0 Å². The third-order valence-electron chi connectivity index (χ3n) is 1.46. The highest BCUT2D eigenvalue weighted by Crippen LogP contribution is 1.91. The predicted octanol–water partition coefficient (Wildman–Crippen LogP) is 0.763. The molecule has 0 fully saturated rings. The Labute approximate surface area is 65.6 Å². The second kappa shape index (κ2) is 2.78. The molecule has 0 unspecified atom stereocenters. The molecular weight excluding hydrogens is 140 g/mol. The van der Waals surface area contributed by atoms with E-state index in [4.69, 9.17) is 0 Å². The van der Waals surface area contributed by atoms with Gasteiger partial charge in [-0.25, -0.2) is 4.79 Å². The summed E-state index contributed by atoms with van der Waals surface area (Å²) >= 11 is 0. The number of hydrogen-bond acceptors (Lipinski definition) is 1. The van der Waals surface area contributed by atoms with E-state index < -0.39 is 0 Å². The van der Waals surface area contributed by atoms with E-state index >= 15 is 0 Å². The molecule has 1 aromatic heterocycles. The summed E-state index contributed by atoms with van der Waals surface area (Å²) in [5.74, 6) is 0. The molecule has 1 rings (SSSR count). The summed E-state index contributed by atoms with van der Waals surface area (Å²) in [6, 6.07) is 0. The molecule has 3 heteroatoms. The Balaban J connectivity index is 2.97. The summed E-state index contributed by atoms with van der Waals surface area (Å²) in [4.78, 5) is 11.2. The number of hydrogen-bond donors (Lipinski definition) is 0. The Hall–Kier alpha value is -1.25. The van der Waals surface area contributed by atoms with Gasteiger partial charge in [0.15, 0.2) is 0 Å². The molecular formula is C8H12N2O. The van der Waals surface area contributed by atoms with E-state index in [0.717, 1.165) is 5.57 Å². The van der Waals surface area contributed by atoms with Gasteiger partial charge in [-0.15, -0.1) is 0 Å². The summed E-state index contributed by atoms with van der Waals surface area (Å²) in [7, 11) is 1.73. The normalized spacial score (nSPS) is 10.0. The molecule has 0 aliphatic carbocycles. The number of allylic oxidation sites excluding steroid dienone is 1. The van der Waals surface area contributed by atoms with Crippen molar-refractivity contribution in [1.29, 1.82) is 0 Å². The fourth-order valence-electron chi connectivity index (χ4n) is 0.922. The van der Waals surface area contributed by atoms with Crippen LogP contribution in [-0.2, 0) is 13.6 Å². The summed E-state index contributed by atoms with van der Waals surface area (Å²) < 4.78 is 3.17. The Morgan fingerprint density at radius 1 is 1.64 bits per heavy atom. The van der Waals surface area contributed by atoms with Crippen LogP contribution in [0.2, 0.25) is 0 Å². The summed E-state index contributed by atoms with van der Waals surface area (Å²) in [6.07, 6.45) is 3.50. The van der Waals surface area contributed by atoms with Crippen LogP contribution in [0.4, 0.5) is 0 Å². The topological polar surface area (TPSA) is 26.9 Å². The van der Waals surface area contributed by atoms with Gasteiger partial charge >= 0.3 is 5.69 Å². The van der Waals surface area contributed by atoms with Gasteiger partial charge in [-0.1, -0.05) is 12.2 Å². The molecule has 0 aromatic carbocycles. The number of imidazole rings is 1. The number of nitrogens with zero attached hydrogens (tertiary/aromatic N) is 2. The highest BCUT2D eigenvalue weighted by Gasteiger charge is 1.97. The Morgan fingerprint density at radius 2 is 2.27 bits per heavy atom. The van der Waals surface area contributed by atoms with E-state index in [1.807, 2.05) is 6.92 Å². The van der Waals surface area contributed by atoms with Crippen LogP contribution in [-0.4, -0.2) is 9.13 Å². The zero-order valence-corrected chi connectivity index (χ0v) is 6.87. The molecule has 3 nitrogen and oxygen atoms in total. The van der Waals surface area contributed by atoms with E-state index in [2.05, 4.69) is 6.58 Å². The van der Waals surface area contributed by atoms with Crippen molar-refractivity contribution in [2.24, 2.45) is 7.05 Å². The van der Waals surface area contributed by atoms with Gasteiger partial charge in [-0.2, -0.15) is 0 Å². The van der Waals surface area contributed by atoms with Crippen LogP contribution < -0.4 is 5.69 Å². The van der Waals surface area contributed by atoms with Gasteiger partial charge in [0.05, 0.1) is 0 Å². The lowest BCUT2D eigenvalue weighted by atomic mass is 10.3. The molecule has 0 spiro atoms. The van der Waals surface area contributed by atoms with Gasteiger partial charge in [-0.3, -0.25) is 4.57 Å². The van der Waals surface area contributed by atoms with Crippen molar-refractivity contribution in [2.45, 2.75) is 13.5 Å². The van der Waals surface area contributed by atoms with Crippen LogP contribution in [0.15, 0.2) is 29.3 Å². The molecule has 0 aliphatic rings. The Morgan fingerprint density at radius 3 is 2.64 bits per heavy atom. The SMILES string of the molecule is C=C(C)Cn1ccn(C)c1=O. The maximum absolute atomic E-state index is 11.2. The molecule has 11 heavy (non-hydrogen) atoms. The van der Waals surface area contributed by atoms with Crippen molar-refractivity contribution >= 4 is 0 Å². The summed E-state index contributed by atoms with van der Waals surface area (Å²) in [5, 5.41) is 0. The molecule has 0 atom stereocenters. The van der Waals surface area contributed by atoms with E-state index in [9.17, 15) is 4.79 Å². The first-order chi connectivity index (χ1) is 5.11. The van der Waals surface area contributed by atoms with Crippen LogP contribution in [0.3, 0.4) is 0 Å². The average Bonchev–Trinajstić information content (AvgIpc) is 2.18. The minimum atomic E-state index is 0.00741. The summed E-state index contributed by atoms with van der Waals surface area (Å²) in [5.41, 5.74) is 0.992. The molecule has 0 saturated carbocycles. The van der Waals surface area contributed by atoms with Crippen molar-refractivity contribution in [3.8, 4) is 0 Å². The molecule has 0 radical (unpaired) electrons. The zero-order chi connectivity index (χ0) is 8.43. The van der Waals surface area contributed by atoms with Crippen LogP contribution in [0.5, 0.6) is 0 Å². The van der Waals surface area contributed by atoms with E-state index in [1.54, 1.807) is 28.6 Å². The predicted molar refractivity (Wildman–Crippen MR) is 44.5 cm³/mol. The van der Waals surface area contributed by atoms with Crippen LogP contribution in [0.25, 0.3) is 0 Å².